The molecule has 0 radical (unpaired) electrons. The summed E-state index contributed by atoms with van der Waals surface area (Å²) >= 11 is 0.842. The van der Waals surface area contributed by atoms with Gasteiger partial charge in [0.2, 0.25) is 10.0 Å². The number of carbonyl (C=O) groups is 2. The topological polar surface area (TPSA) is 83.6 Å². The highest BCUT2D eigenvalue weighted by Gasteiger charge is 2.13. The number of hydrogen-bond donors (Lipinski definition) is 1. The lowest BCUT2D eigenvalue weighted by Gasteiger charge is -2.16. The van der Waals surface area contributed by atoms with Gasteiger partial charge in [0.05, 0.1) is 5.75 Å². The second-order valence-corrected chi connectivity index (χ2v) is 7.54. The summed E-state index contributed by atoms with van der Waals surface area (Å²) < 4.78 is 25.1. The standard InChI is InChI=1S/C13H26N2O4S2/c1-4-12(16)8-5-6-9-15(2)10-7-11-21(18,19)14-13(17)20-3/h4-11H2,1-3H3,(H,14,17). The smallest absolute Gasteiger partial charge is 0.292 e. The van der Waals surface area contributed by atoms with Gasteiger partial charge in [0.1, 0.15) is 5.78 Å². The van der Waals surface area contributed by atoms with Crippen LogP contribution in [0.2, 0.25) is 0 Å². The Hall–Kier alpha value is -0.600. The van der Waals surface area contributed by atoms with Gasteiger partial charge < -0.3 is 4.90 Å². The lowest BCUT2D eigenvalue weighted by molar-refractivity contribution is -0.118. The molecule has 0 unspecified atom stereocenters. The van der Waals surface area contributed by atoms with Crippen molar-refractivity contribution in [2.45, 2.75) is 39.0 Å². The lowest BCUT2D eigenvalue weighted by Crippen LogP contribution is -2.31. The van der Waals surface area contributed by atoms with Gasteiger partial charge in [0.25, 0.3) is 5.24 Å². The van der Waals surface area contributed by atoms with Gasteiger partial charge in [-0.05, 0) is 45.7 Å². The van der Waals surface area contributed by atoms with Gasteiger partial charge >= 0.3 is 0 Å². The third kappa shape index (κ3) is 11.7. The molecule has 6 nitrogen and oxygen atoms in total. The average Bonchev–Trinajstić information content (AvgIpc) is 2.42. The number of thioether (sulfide) groups is 1. The first-order valence-electron chi connectivity index (χ1n) is 7.09. The van der Waals surface area contributed by atoms with Gasteiger partial charge in [-0.1, -0.05) is 18.7 Å². The zero-order chi connectivity index (χ0) is 16.3. The van der Waals surface area contributed by atoms with Crippen LogP contribution in [0.15, 0.2) is 0 Å². The number of ketones is 1. The Morgan fingerprint density at radius 3 is 2.33 bits per heavy atom. The minimum absolute atomic E-state index is 0.0576. The van der Waals surface area contributed by atoms with E-state index in [4.69, 9.17) is 0 Å². The molecule has 0 saturated heterocycles. The largest absolute Gasteiger partial charge is 0.306 e. The maximum Gasteiger partial charge on any atom is 0.292 e. The zero-order valence-electron chi connectivity index (χ0n) is 13.1. The van der Waals surface area contributed by atoms with E-state index in [-0.39, 0.29) is 11.5 Å². The van der Waals surface area contributed by atoms with E-state index in [9.17, 15) is 18.0 Å². The van der Waals surface area contributed by atoms with E-state index in [2.05, 4.69) is 0 Å². The van der Waals surface area contributed by atoms with E-state index >= 15 is 0 Å². The number of nitrogens with zero attached hydrogens (tertiary/aromatic N) is 1. The van der Waals surface area contributed by atoms with E-state index in [0.29, 0.717) is 25.8 Å². The monoisotopic (exact) mass is 338 g/mol. The average molecular weight is 338 g/mol. The summed E-state index contributed by atoms with van der Waals surface area (Å²) in [4.78, 5) is 24.2. The first kappa shape index (κ1) is 20.4. The van der Waals surface area contributed by atoms with Gasteiger partial charge in [-0.25, -0.2) is 13.1 Å². The Balaban J connectivity index is 3.76. The SMILES string of the molecule is CCC(=O)CCCCN(C)CCCS(=O)(=O)NC(=O)SC. The number of unbranched alkanes of at least 4 members (excludes halogenated alkanes) is 1. The third-order valence-corrected chi connectivity index (χ3v) is 4.94. The molecule has 0 saturated carbocycles. The van der Waals surface area contributed by atoms with Crippen LogP contribution in [0.25, 0.3) is 0 Å². The maximum atomic E-state index is 11.5. The molecule has 0 fully saturated rings. The summed E-state index contributed by atoms with van der Waals surface area (Å²) in [5, 5.41) is -0.552. The molecular formula is C13H26N2O4S2. The molecular weight excluding hydrogens is 312 g/mol. The van der Waals surface area contributed by atoms with Crippen molar-refractivity contribution in [2.75, 3.05) is 32.1 Å². The Bertz CT molecular complexity index is 424. The molecule has 0 aromatic heterocycles. The van der Waals surface area contributed by atoms with E-state index in [1.807, 2.05) is 23.6 Å². The van der Waals surface area contributed by atoms with Crippen LogP contribution < -0.4 is 4.72 Å². The minimum atomic E-state index is -3.52. The van der Waals surface area contributed by atoms with Crippen LogP contribution in [0.4, 0.5) is 4.79 Å². The number of rotatable bonds is 11. The molecule has 0 aromatic carbocycles. The van der Waals surface area contributed by atoms with Crippen molar-refractivity contribution in [3.63, 3.8) is 0 Å². The van der Waals surface area contributed by atoms with Crippen LogP contribution in [0.1, 0.15) is 39.0 Å². The van der Waals surface area contributed by atoms with Crippen molar-refractivity contribution in [2.24, 2.45) is 0 Å². The lowest BCUT2D eigenvalue weighted by atomic mass is 10.1. The van der Waals surface area contributed by atoms with Gasteiger partial charge in [0, 0.05) is 12.8 Å². The number of amides is 1. The molecule has 21 heavy (non-hydrogen) atoms. The molecule has 124 valence electrons. The Kier molecular flexibility index (Phi) is 10.7. The number of Topliss-reactive ketones (excluding diaryl/α,β-unsaturated/α-hetero) is 1. The van der Waals surface area contributed by atoms with Crippen LogP contribution >= 0.6 is 11.8 Å². The van der Waals surface area contributed by atoms with Crippen LogP contribution in [0.5, 0.6) is 0 Å². The molecule has 8 heteroatoms. The fourth-order valence-corrected chi connectivity index (χ4v) is 3.32. The summed E-state index contributed by atoms with van der Waals surface area (Å²) in [6, 6.07) is 0. The normalized spacial score (nSPS) is 11.6. The molecule has 0 aliphatic rings. The number of carbonyl (C=O) groups excluding carboxylic acids is 2. The summed E-state index contributed by atoms with van der Waals surface area (Å²) in [7, 11) is -1.59. The van der Waals surface area contributed by atoms with Crippen molar-refractivity contribution in [3.8, 4) is 0 Å². The summed E-state index contributed by atoms with van der Waals surface area (Å²) in [6.07, 6.45) is 5.02. The van der Waals surface area contributed by atoms with E-state index in [1.54, 1.807) is 0 Å². The first-order chi connectivity index (χ1) is 9.80. The third-order valence-electron chi connectivity index (χ3n) is 3.02. The molecule has 0 bridgehead atoms. The number of hydrogen-bond acceptors (Lipinski definition) is 6. The molecule has 0 rings (SSSR count). The van der Waals surface area contributed by atoms with Crippen molar-refractivity contribution in [1.29, 1.82) is 0 Å². The number of sulfonamides is 1. The quantitative estimate of drug-likeness (QED) is 0.579. The molecule has 0 heterocycles. The molecule has 1 amide bonds. The van der Waals surface area contributed by atoms with E-state index in [1.165, 1.54) is 6.26 Å². The second-order valence-electron chi connectivity index (χ2n) is 4.92. The Morgan fingerprint density at radius 1 is 1.14 bits per heavy atom. The van der Waals surface area contributed by atoms with Crippen LogP contribution in [-0.2, 0) is 14.8 Å². The molecule has 0 aliphatic carbocycles. The molecule has 1 N–H and O–H groups in total. The molecule has 0 aliphatic heterocycles. The van der Waals surface area contributed by atoms with E-state index < -0.39 is 15.3 Å². The zero-order valence-corrected chi connectivity index (χ0v) is 14.7. The Labute approximate surface area is 132 Å². The summed E-state index contributed by atoms with van der Waals surface area (Å²) in [5.41, 5.74) is 0. The summed E-state index contributed by atoms with van der Waals surface area (Å²) in [6.45, 7) is 3.36. The Morgan fingerprint density at radius 2 is 1.76 bits per heavy atom. The van der Waals surface area contributed by atoms with Crippen molar-refractivity contribution >= 4 is 32.8 Å². The molecule has 0 aromatic rings. The van der Waals surface area contributed by atoms with Crippen LogP contribution in [0, 0.1) is 0 Å². The minimum Gasteiger partial charge on any atom is -0.306 e. The van der Waals surface area contributed by atoms with Crippen molar-refractivity contribution < 1.29 is 18.0 Å². The fraction of sp³-hybridized carbons (Fsp3) is 0.846. The van der Waals surface area contributed by atoms with Gasteiger partial charge in [0.15, 0.2) is 0 Å². The van der Waals surface area contributed by atoms with E-state index in [0.717, 1.165) is 31.1 Å². The van der Waals surface area contributed by atoms with Gasteiger partial charge in [-0.15, -0.1) is 0 Å². The molecule has 0 atom stereocenters. The highest BCUT2D eigenvalue weighted by Crippen LogP contribution is 2.02. The second kappa shape index (κ2) is 11.0. The maximum absolute atomic E-state index is 11.5. The van der Waals surface area contributed by atoms with Gasteiger partial charge in [-0.3, -0.25) is 9.59 Å². The first-order valence-corrected chi connectivity index (χ1v) is 9.97. The fourth-order valence-electron chi connectivity index (χ4n) is 1.74. The predicted molar refractivity (Wildman–Crippen MR) is 87.1 cm³/mol. The van der Waals surface area contributed by atoms with Crippen LogP contribution in [0.3, 0.4) is 0 Å². The highest BCUT2D eigenvalue weighted by atomic mass is 32.2. The highest BCUT2D eigenvalue weighted by molar-refractivity contribution is 8.14. The van der Waals surface area contributed by atoms with Crippen molar-refractivity contribution in [1.82, 2.24) is 9.62 Å². The summed E-state index contributed by atoms with van der Waals surface area (Å²) in [5.74, 6) is 0.228. The van der Waals surface area contributed by atoms with Crippen molar-refractivity contribution in [3.05, 3.63) is 0 Å². The predicted octanol–water partition coefficient (Wildman–Crippen LogP) is 1.86. The molecule has 0 spiro atoms. The van der Waals surface area contributed by atoms with Crippen LogP contribution in [-0.4, -0.2) is 56.5 Å². The number of nitrogens with one attached hydrogen (secondary N) is 1. The van der Waals surface area contributed by atoms with Gasteiger partial charge in [-0.2, -0.15) is 0 Å².